The third kappa shape index (κ3) is 1.61. The molecule has 1 N–H and O–H groups in total. The summed E-state index contributed by atoms with van der Waals surface area (Å²) in [7, 11) is 1.60. The van der Waals surface area contributed by atoms with Crippen LogP contribution in [0.15, 0.2) is 18.2 Å². The number of rotatable bonds is 2. The molecule has 1 unspecified atom stereocenters. The van der Waals surface area contributed by atoms with Gasteiger partial charge in [-0.15, -0.1) is 0 Å². The summed E-state index contributed by atoms with van der Waals surface area (Å²) in [6.07, 6.45) is -0.268. The molecule has 0 spiro atoms. The lowest BCUT2D eigenvalue weighted by molar-refractivity contribution is 0.0454. The minimum atomic E-state index is -0.268. The van der Waals surface area contributed by atoms with Crippen molar-refractivity contribution in [1.82, 2.24) is 0 Å². The van der Waals surface area contributed by atoms with Crippen LogP contribution < -0.4 is 14.2 Å². The molecule has 1 heterocycles. The van der Waals surface area contributed by atoms with Crippen LogP contribution in [0.25, 0.3) is 0 Å². The van der Waals surface area contributed by atoms with Gasteiger partial charge in [0.2, 0.25) is 0 Å². The molecule has 1 aliphatic rings. The zero-order chi connectivity index (χ0) is 9.97. The molecule has 1 atom stereocenters. The van der Waals surface area contributed by atoms with Crippen molar-refractivity contribution >= 4 is 0 Å². The van der Waals surface area contributed by atoms with Gasteiger partial charge in [-0.05, 0) is 12.1 Å². The van der Waals surface area contributed by atoms with Gasteiger partial charge in [-0.3, -0.25) is 0 Å². The third-order valence-electron chi connectivity index (χ3n) is 2.07. The Labute approximate surface area is 82.0 Å². The van der Waals surface area contributed by atoms with E-state index >= 15 is 0 Å². The van der Waals surface area contributed by atoms with Crippen molar-refractivity contribution in [3.8, 4) is 17.2 Å². The molecule has 4 nitrogen and oxygen atoms in total. The minimum Gasteiger partial charge on any atom is -0.497 e. The molecule has 0 fully saturated rings. The summed E-state index contributed by atoms with van der Waals surface area (Å²) in [5, 5.41) is 8.89. The maximum Gasteiger partial charge on any atom is 0.165 e. The van der Waals surface area contributed by atoms with E-state index in [9.17, 15) is 0 Å². The number of ether oxygens (including phenoxy) is 3. The SMILES string of the molecule is COc1ccc2c(c1)OCC(CO)O2. The number of methoxy groups -OCH3 is 1. The average Bonchev–Trinajstić information content (AvgIpc) is 2.27. The summed E-state index contributed by atoms with van der Waals surface area (Å²) < 4.78 is 15.9. The van der Waals surface area contributed by atoms with Crippen LogP contribution in [0.5, 0.6) is 17.2 Å². The third-order valence-corrected chi connectivity index (χ3v) is 2.07. The molecule has 1 aromatic carbocycles. The summed E-state index contributed by atoms with van der Waals surface area (Å²) in [4.78, 5) is 0. The molecular weight excluding hydrogens is 184 g/mol. The molecule has 0 saturated carbocycles. The molecule has 0 bridgehead atoms. The lowest BCUT2D eigenvalue weighted by Gasteiger charge is -2.25. The van der Waals surface area contributed by atoms with Crippen LogP contribution >= 0.6 is 0 Å². The second-order valence-electron chi connectivity index (χ2n) is 3.05. The first kappa shape index (κ1) is 9.15. The number of benzene rings is 1. The molecule has 0 aromatic heterocycles. The van der Waals surface area contributed by atoms with Crippen molar-refractivity contribution < 1.29 is 19.3 Å². The van der Waals surface area contributed by atoms with Crippen LogP contribution in [-0.4, -0.2) is 31.5 Å². The maximum absolute atomic E-state index is 8.89. The molecule has 1 aliphatic heterocycles. The Bertz CT molecular complexity index is 324. The fraction of sp³-hybridized carbons (Fsp3) is 0.400. The fourth-order valence-corrected chi connectivity index (χ4v) is 1.31. The Hall–Kier alpha value is -1.42. The quantitative estimate of drug-likeness (QED) is 0.761. The summed E-state index contributed by atoms with van der Waals surface area (Å²) >= 11 is 0. The zero-order valence-corrected chi connectivity index (χ0v) is 7.90. The van der Waals surface area contributed by atoms with E-state index in [1.54, 1.807) is 25.3 Å². The highest BCUT2D eigenvalue weighted by Crippen LogP contribution is 2.34. The van der Waals surface area contributed by atoms with Gasteiger partial charge >= 0.3 is 0 Å². The lowest BCUT2D eigenvalue weighted by atomic mass is 10.2. The highest BCUT2D eigenvalue weighted by molar-refractivity contribution is 5.46. The number of hydrogen-bond acceptors (Lipinski definition) is 4. The summed E-state index contributed by atoms with van der Waals surface area (Å²) in [5.74, 6) is 2.04. The lowest BCUT2D eigenvalue weighted by Crippen LogP contribution is -2.32. The average molecular weight is 196 g/mol. The van der Waals surface area contributed by atoms with Crippen LogP contribution in [0.3, 0.4) is 0 Å². The predicted molar refractivity (Wildman–Crippen MR) is 50.0 cm³/mol. The van der Waals surface area contributed by atoms with Crippen LogP contribution in [-0.2, 0) is 0 Å². The second kappa shape index (κ2) is 3.75. The molecule has 14 heavy (non-hydrogen) atoms. The second-order valence-corrected chi connectivity index (χ2v) is 3.05. The van der Waals surface area contributed by atoms with Crippen molar-refractivity contribution in [2.24, 2.45) is 0 Å². The summed E-state index contributed by atoms with van der Waals surface area (Å²) in [6, 6.07) is 5.33. The maximum atomic E-state index is 8.89. The number of aliphatic hydroxyl groups excluding tert-OH is 1. The Morgan fingerprint density at radius 2 is 2.36 bits per heavy atom. The predicted octanol–water partition coefficient (Wildman–Crippen LogP) is 0.827. The standard InChI is InChI=1S/C10H12O4/c1-12-7-2-3-9-10(4-7)13-6-8(5-11)14-9/h2-4,8,11H,5-6H2,1H3. The van der Waals surface area contributed by atoms with Crippen molar-refractivity contribution in [2.45, 2.75) is 6.10 Å². The Morgan fingerprint density at radius 3 is 3.07 bits per heavy atom. The molecule has 0 amide bonds. The van der Waals surface area contributed by atoms with E-state index in [0.29, 0.717) is 18.1 Å². The highest BCUT2D eigenvalue weighted by atomic mass is 16.6. The molecule has 0 radical (unpaired) electrons. The van der Waals surface area contributed by atoms with Gasteiger partial charge in [0.15, 0.2) is 17.6 Å². The van der Waals surface area contributed by atoms with Crippen molar-refractivity contribution in [3.05, 3.63) is 18.2 Å². The number of aliphatic hydroxyl groups is 1. The molecule has 2 rings (SSSR count). The Kier molecular flexibility index (Phi) is 2.45. The van der Waals surface area contributed by atoms with Crippen LogP contribution in [0.4, 0.5) is 0 Å². The van der Waals surface area contributed by atoms with Gasteiger partial charge in [-0.25, -0.2) is 0 Å². The van der Waals surface area contributed by atoms with E-state index < -0.39 is 0 Å². The minimum absolute atomic E-state index is 0.0362. The Balaban J connectivity index is 2.23. The first-order valence-corrected chi connectivity index (χ1v) is 4.42. The first-order chi connectivity index (χ1) is 6.83. The van der Waals surface area contributed by atoms with E-state index in [-0.39, 0.29) is 12.7 Å². The zero-order valence-electron chi connectivity index (χ0n) is 7.90. The van der Waals surface area contributed by atoms with Gasteiger partial charge in [0.05, 0.1) is 13.7 Å². The largest absolute Gasteiger partial charge is 0.497 e. The van der Waals surface area contributed by atoms with E-state index in [1.807, 2.05) is 0 Å². The highest BCUT2D eigenvalue weighted by Gasteiger charge is 2.20. The van der Waals surface area contributed by atoms with Crippen molar-refractivity contribution in [1.29, 1.82) is 0 Å². The van der Waals surface area contributed by atoms with E-state index in [1.165, 1.54) is 0 Å². The van der Waals surface area contributed by atoms with Crippen molar-refractivity contribution in [2.75, 3.05) is 20.3 Å². The van der Waals surface area contributed by atoms with Gasteiger partial charge in [0.25, 0.3) is 0 Å². The smallest absolute Gasteiger partial charge is 0.165 e. The Morgan fingerprint density at radius 1 is 1.50 bits per heavy atom. The molecule has 4 heteroatoms. The molecule has 0 aliphatic carbocycles. The van der Waals surface area contributed by atoms with Crippen LogP contribution in [0.1, 0.15) is 0 Å². The van der Waals surface area contributed by atoms with E-state index in [2.05, 4.69) is 0 Å². The normalized spacial score (nSPS) is 19.1. The monoisotopic (exact) mass is 196 g/mol. The van der Waals surface area contributed by atoms with E-state index in [4.69, 9.17) is 19.3 Å². The molecule has 0 saturated heterocycles. The van der Waals surface area contributed by atoms with Gasteiger partial charge in [0, 0.05) is 6.07 Å². The van der Waals surface area contributed by atoms with Crippen LogP contribution in [0.2, 0.25) is 0 Å². The molecule has 1 aromatic rings. The van der Waals surface area contributed by atoms with Gasteiger partial charge in [-0.2, -0.15) is 0 Å². The van der Waals surface area contributed by atoms with Crippen molar-refractivity contribution in [3.63, 3.8) is 0 Å². The number of hydrogen-bond donors (Lipinski definition) is 1. The van der Waals surface area contributed by atoms with E-state index in [0.717, 1.165) is 5.75 Å². The molecule has 76 valence electrons. The number of fused-ring (bicyclic) bond motifs is 1. The summed E-state index contributed by atoms with van der Waals surface area (Å²) in [5.41, 5.74) is 0. The first-order valence-electron chi connectivity index (χ1n) is 4.42. The topological polar surface area (TPSA) is 47.9 Å². The van der Waals surface area contributed by atoms with Gasteiger partial charge in [-0.1, -0.05) is 0 Å². The van der Waals surface area contributed by atoms with Gasteiger partial charge < -0.3 is 19.3 Å². The molecular formula is C10H12O4. The van der Waals surface area contributed by atoms with Gasteiger partial charge in [0.1, 0.15) is 12.4 Å². The fourth-order valence-electron chi connectivity index (χ4n) is 1.31. The van der Waals surface area contributed by atoms with Crippen LogP contribution in [0, 0.1) is 0 Å². The summed E-state index contributed by atoms with van der Waals surface area (Å²) in [6.45, 7) is 0.335.